The molecule has 0 unspecified atom stereocenters. The molecule has 4 N–H and O–H groups in total. The predicted octanol–water partition coefficient (Wildman–Crippen LogP) is 5.67. The summed E-state index contributed by atoms with van der Waals surface area (Å²) >= 11 is 3.55. The second-order valence-corrected chi connectivity index (χ2v) is 13.3. The Labute approximate surface area is 279 Å². The number of piperazine rings is 1. The first-order valence-electron chi connectivity index (χ1n) is 15.6. The van der Waals surface area contributed by atoms with Crippen LogP contribution in [0.25, 0.3) is 0 Å². The molecule has 2 aromatic carbocycles. The lowest BCUT2D eigenvalue weighted by atomic mass is 9.95. The third-order valence-electron chi connectivity index (χ3n) is 8.74. The van der Waals surface area contributed by atoms with E-state index in [1.54, 1.807) is 45.4 Å². The molecule has 12 nitrogen and oxygen atoms in total. The Morgan fingerprint density at radius 1 is 1.02 bits per heavy atom. The molecule has 1 aromatic heterocycles. The van der Waals surface area contributed by atoms with Crippen LogP contribution in [-0.4, -0.2) is 97.5 Å². The van der Waals surface area contributed by atoms with E-state index in [1.165, 1.54) is 7.11 Å². The van der Waals surface area contributed by atoms with Crippen molar-refractivity contribution >= 4 is 56.5 Å². The van der Waals surface area contributed by atoms with Crippen molar-refractivity contribution in [3.05, 3.63) is 52.1 Å². The molecule has 46 heavy (non-hydrogen) atoms. The van der Waals surface area contributed by atoms with E-state index in [0.717, 1.165) is 74.8 Å². The summed E-state index contributed by atoms with van der Waals surface area (Å²) in [7, 11) is 5.21. The molecule has 3 heterocycles. The third-order valence-corrected chi connectivity index (χ3v) is 9.32. The van der Waals surface area contributed by atoms with Gasteiger partial charge in [-0.15, -0.1) is 0 Å². The van der Waals surface area contributed by atoms with Crippen LogP contribution in [0.2, 0.25) is 0 Å². The van der Waals surface area contributed by atoms with Crippen molar-refractivity contribution in [3.63, 3.8) is 0 Å². The van der Waals surface area contributed by atoms with E-state index in [1.807, 2.05) is 6.07 Å². The van der Waals surface area contributed by atoms with Gasteiger partial charge in [0.15, 0.2) is 0 Å². The number of aryl methyl sites for hydroxylation is 1. The Morgan fingerprint density at radius 2 is 1.74 bits per heavy atom. The number of halogens is 1. The molecule has 248 valence electrons. The van der Waals surface area contributed by atoms with Crippen LogP contribution in [-0.2, 0) is 10.3 Å². The van der Waals surface area contributed by atoms with Crippen LogP contribution in [0, 0.1) is 6.92 Å². The highest BCUT2D eigenvalue weighted by Gasteiger charge is 2.28. The summed E-state index contributed by atoms with van der Waals surface area (Å²) in [5, 5.41) is 20.2. The average Bonchev–Trinajstić information content (AvgIpc) is 3.04. The molecule has 2 aliphatic rings. The number of benzene rings is 2. The molecule has 0 spiro atoms. The quantitative estimate of drug-likeness (QED) is 0.221. The van der Waals surface area contributed by atoms with E-state index in [9.17, 15) is 9.90 Å². The summed E-state index contributed by atoms with van der Waals surface area (Å²) in [4.78, 5) is 28.5. The molecule has 0 atom stereocenters. The van der Waals surface area contributed by atoms with Gasteiger partial charge >= 0.3 is 6.09 Å². The number of nitrogens with zero attached hydrogens (tertiary/aromatic N) is 5. The lowest BCUT2D eigenvalue weighted by Gasteiger charge is -2.42. The van der Waals surface area contributed by atoms with Gasteiger partial charge in [0, 0.05) is 80.2 Å². The lowest BCUT2D eigenvalue weighted by Crippen LogP contribution is -2.52. The van der Waals surface area contributed by atoms with Gasteiger partial charge in [-0.25, -0.2) is 9.78 Å². The molecule has 0 bridgehead atoms. The molecule has 1 amide bonds. The van der Waals surface area contributed by atoms with Crippen LogP contribution >= 0.6 is 15.9 Å². The monoisotopic (exact) mass is 696 g/mol. The van der Waals surface area contributed by atoms with Gasteiger partial charge in [0.25, 0.3) is 0 Å². The number of ether oxygens (including phenoxy) is 2. The Kier molecular flexibility index (Phi) is 10.6. The van der Waals surface area contributed by atoms with Gasteiger partial charge in [-0.05, 0) is 86.4 Å². The number of hydrogen-bond acceptors (Lipinski definition) is 11. The summed E-state index contributed by atoms with van der Waals surface area (Å²) in [5.41, 5.74) is 3.45. The second-order valence-electron chi connectivity index (χ2n) is 12.5. The minimum Gasteiger partial charge on any atom is -0.495 e. The van der Waals surface area contributed by atoms with Crippen LogP contribution in [0.15, 0.2) is 41.0 Å². The molecule has 0 aliphatic carbocycles. The zero-order chi connectivity index (χ0) is 33.0. The average molecular weight is 698 g/mol. The largest absolute Gasteiger partial charge is 0.495 e. The fraction of sp³-hybridized carbons (Fsp3) is 0.485. The summed E-state index contributed by atoms with van der Waals surface area (Å²) in [6.45, 7) is 12.0. The number of amides is 1. The van der Waals surface area contributed by atoms with Gasteiger partial charge in [0.1, 0.15) is 11.6 Å². The highest BCUT2D eigenvalue weighted by molar-refractivity contribution is 9.10. The molecule has 2 fully saturated rings. The molecule has 5 rings (SSSR count). The number of aromatic nitrogens is 2. The van der Waals surface area contributed by atoms with Crippen molar-refractivity contribution in [1.82, 2.24) is 19.8 Å². The van der Waals surface area contributed by atoms with Crippen molar-refractivity contribution in [1.29, 1.82) is 0 Å². The number of aliphatic hydroxyl groups is 1. The van der Waals surface area contributed by atoms with Crippen LogP contribution in [0.1, 0.15) is 37.8 Å². The first kappa shape index (κ1) is 33.7. The Bertz CT molecular complexity index is 1530. The smallest absolute Gasteiger partial charge is 0.411 e. The van der Waals surface area contributed by atoms with Crippen molar-refractivity contribution < 1.29 is 19.4 Å². The number of likely N-dealkylation sites (N-methyl/N-ethyl adjacent to an activating group) is 1. The van der Waals surface area contributed by atoms with E-state index in [0.29, 0.717) is 39.2 Å². The molecular formula is C33H45BrN8O4. The van der Waals surface area contributed by atoms with Crippen LogP contribution in [0.5, 0.6) is 5.75 Å². The van der Waals surface area contributed by atoms with Crippen LogP contribution < -0.4 is 25.6 Å². The number of rotatable bonds is 9. The fourth-order valence-corrected chi connectivity index (χ4v) is 6.34. The number of nitrogens with one attached hydrogen (secondary N) is 3. The van der Waals surface area contributed by atoms with Gasteiger partial charge in [-0.1, -0.05) is 0 Å². The standard InChI is InChI=1S/C33H45BrN8O4/c1-21-17-28(42-11-9-23(10-12-42)41-15-13-40(4)14-16-41)29(45-5)19-27(21)38-31-35-20-25(34)30(39-31)37-26-8-7-22(36-32(43)46-6)18-24(26)33(2,3)44/h7-8,17-20,23,44H,9-16H2,1-6H3,(H,36,43)(H2,35,37,38,39). The van der Waals surface area contributed by atoms with Crippen LogP contribution in [0.4, 0.5) is 39.3 Å². The summed E-state index contributed by atoms with van der Waals surface area (Å²) in [5.74, 6) is 1.70. The van der Waals surface area contributed by atoms with Crippen molar-refractivity contribution in [2.24, 2.45) is 0 Å². The second kappa shape index (κ2) is 14.4. The zero-order valence-electron chi connectivity index (χ0n) is 27.5. The highest BCUT2D eigenvalue weighted by atomic mass is 79.9. The van der Waals surface area contributed by atoms with E-state index < -0.39 is 11.7 Å². The number of methoxy groups -OCH3 is 2. The van der Waals surface area contributed by atoms with E-state index in [4.69, 9.17) is 14.5 Å². The summed E-state index contributed by atoms with van der Waals surface area (Å²) in [6, 6.07) is 10.0. The van der Waals surface area contributed by atoms with Crippen molar-refractivity contribution in [2.75, 3.05) is 81.4 Å². The molecule has 13 heteroatoms. The molecular weight excluding hydrogens is 652 g/mol. The first-order chi connectivity index (χ1) is 21.9. The van der Waals surface area contributed by atoms with Crippen molar-refractivity contribution in [3.8, 4) is 5.75 Å². The maximum absolute atomic E-state index is 11.7. The predicted molar refractivity (Wildman–Crippen MR) is 186 cm³/mol. The number of anilines is 6. The van der Waals surface area contributed by atoms with Gasteiger partial charge in [0.05, 0.1) is 30.0 Å². The highest BCUT2D eigenvalue weighted by Crippen LogP contribution is 2.38. The minimum atomic E-state index is -1.22. The lowest BCUT2D eigenvalue weighted by molar-refractivity contribution is 0.0794. The fourth-order valence-electron chi connectivity index (χ4n) is 6.05. The normalized spacial score (nSPS) is 16.7. The molecule has 2 saturated heterocycles. The zero-order valence-corrected chi connectivity index (χ0v) is 29.1. The van der Waals surface area contributed by atoms with Crippen molar-refractivity contribution in [2.45, 2.75) is 45.3 Å². The SMILES string of the molecule is COC(=O)Nc1ccc(Nc2nc(Nc3cc(OC)c(N4CCC(N5CCN(C)CC5)CC4)cc3C)ncc2Br)c(C(C)(C)O)c1. The van der Waals surface area contributed by atoms with Gasteiger partial charge in [-0.2, -0.15) is 4.98 Å². The maximum atomic E-state index is 11.7. The molecule has 3 aromatic rings. The van der Waals surface area contributed by atoms with Crippen LogP contribution in [0.3, 0.4) is 0 Å². The van der Waals surface area contributed by atoms with E-state index in [2.05, 4.69) is 71.6 Å². The Balaban J connectivity index is 1.31. The van der Waals surface area contributed by atoms with Gasteiger partial charge in [-0.3, -0.25) is 10.2 Å². The van der Waals surface area contributed by atoms with E-state index >= 15 is 0 Å². The minimum absolute atomic E-state index is 0.394. The third kappa shape index (κ3) is 8.00. The molecule has 2 aliphatic heterocycles. The molecule has 0 saturated carbocycles. The van der Waals surface area contributed by atoms with E-state index in [-0.39, 0.29) is 0 Å². The maximum Gasteiger partial charge on any atom is 0.411 e. The molecule has 0 radical (unpaired) electrons. The first-order valence-corrected chi connectivity index (χ1v) is 16.4. The van der Waals surface area contributed by atoms with Gasteiger partial charge < -0.3 is 35.0 Å². The number of carbonyl (C=O) groups excluding carboxylic acids is 1. The number of carbonyl (C=O) groups is 1. The number of hydrogen-bond donors (Lipinski definition) is 4. The topological polar surface area (TPSA) is 127 Å². The summed E-state index contributed by atoms with van der Waals surface area (Å²) in [6.07, 6.45) is 3.37. The number of piperidine rings is 1. The Hall–Kier alpha value is -3.65. The summed E-state index contributed by atoms with van der Waals surface area (Å²) < 4.78 is 11.2. The Morgan fingerprint density at radius 3 is 2.39 bits per heavy atom. The van der Waals surface area contributed by atoms with Gasteiger partial charge in [0.2, 0.25) is 5.95 Å².